The first-order valence-electron chi connectivity index (χ1n) is 5.61. The molecule has 2 heterocycles. The van der Waals surface area contributed by atoms with Gasteiger partial charge in [0.05, 0.1) is 4.88 Å². The van der Waals surface area contributed by atoms with E-state index in [1.807, 2.05) is 35.7 Å². The second-order valence-electron chi connectivity index (χ2n) is 3.94. The van der Waals surface area contributed by atoms with E-state index in [1.165, 1.54) is 11.3 Å². The second-order valence-corrected chi connectivity index (χ2v) is 5.97. The first-order chi connectivity index (χ1) is 9.26. The molecule has 1 N–H and O–H groups in total. The molecule has 0 saturated heterocycles. The molecule has 0 atom stereocenters. The quantitative estimate of drug-likeness (QED) is 0.702. The van der Waals surface area contributed by atoms with Gasteiger partial charge in [-0.15, -0.1) is 29.1 Å². The molecule has 0 aliphatic carbocycles. The van der Waals surface area contributed by atoms with E-state index in [-0.39, 0.29) is 5.91 Å². The fourth-order valence-electron chi connectivity index (χ4n) is 1.76. The minimum absolute atomic E-state index is 0.0948. The van der Waals surface area contributed by atoms with Crippen LogP contribution in [0.4, 0.5) is 5.69 Å². The molecule has 3 rings (SSSR count). The summed E-state index contributed by atoms with van der Waals surface area (Å²) in [6, 6.07) is 11.2. The molecule has 92 valence electrons. The van der Waals surface area contributed by atoms with Gasteiger partial charge in [-0.25, -0.2) is 0 Å². The largest absolute Gasteiger partial charge is 0.321 e. The summed E-state index contributed by atoms with van der Waals surface area (Å²) in [4.78, 5) is 12.8. The molecule has 0 fully saturated rings. The van der Waals surface area contributed by atoms with Crippen LogP contribution in [-0.2, 0) is 0 Å². The molecule has 0 unspecified atom stereocenters. The van der Waals surface area contributed by atoms with Gasteiger partial charge in [-0.1, -0.05) is 12.0 Å². The molecular weight excluding hydrogens is 274 g/mol. The molecule has 0 aliphatic rings. The van der Waals surface area contributed by atoms with Crippen LogP contribution in [0.5, 0.6) is 0 Å². The zero-order chi connectivity index (χ0) is 13.2. The van der Waals surface area contributed by atoms with Crippen molar-refractivity contribution in [2.75, 3.05) is 5.32 Å². The molecule has 19 heavy (non-hydrogen) atoms. The van der Waals surface area contributed by atoms with Gasteiger partial charge in [0.15, 0.2) is 0 Å². The maximum atomic E-state index is 12.1. The van der Waals surface area contributed by atoms with Gasteiger partial charge in [0, 0.05) is 20.7 Å². The Morgan fingerprint density at radius 1 is 1.21 bits per heavy atom. The van der Waals surface area contributed by atoms with E-state index < -0.39 is 0 Å². The Kier molecular flexibility index (Phi) is 3.08. The van der Waals surface area contributed by atoms with E-state index in [4.69, 9.17) is 6.42 Å². The van der Waals surface area contributed by atoms with Crippen LogP contribution in [0.2, 0.25) is 0 Å². The topological polar surface area (TPSA) is 29.1 Å². The smallest absolute Gasteiger partial charge is 0.265 e. The van der Waals surface area contributed by atoms with Crippen LogP contribution >= 0.6 is 22.7 Å². The van der Waals surface area contributed by atoms with Crippen LogP contribution in [0.25, 0.3) is 9.40 Å². The lowest BCUT2D eigenvalue weighted by Gasteiger charge is -2.03. The van der Waals surface area contributed by atoms with Crippen molar-refractivity contribution in [1.29, 1.82) is 0 Å². The van der Waals surface area contributed by atoms with Crippen LogP contribution in [0.1, 0.15) is 15.2 Å². The lowest BCUT2D eigenvalue weighted by atomic mass is 10.2. The van der Waals surface area contributed by atoms with Crippen LogP contribution < -0.4 is 5.32 Å². The zero-order valence-electron chi connectivity index (χ0n) is 9.84. The van der Waals surface area contributed by atoms with Gasteiger partial charge in [-0.05, 0) is 35.7 Å². The molecule has 0 saturated carbocycles. The average Bonchev–Trinajstić information content (AvgIpc) is 2.99. The third-order valence-electron chi connectivity index (χ3n) is 2.65. The highest BCUT2D eigenvalue weighted by Gasteiger charge is 2.11. The fourth-order valence-corrected chi connectivity index (χ4v) is 3.76. The normalized spacial score (nSPS) is 10.3. The molecule has 2 aromatic heterocycles. The number of carbonyl (C=O) groups excluding carboxylic acids is 1. The minimum atomic E-state index is -0.0948. The fraction of sp³-hybridized carbons (Fsp3) is 0. The predicted molar refractivity (Wildman–Crippen MR) is 82.0 cm³/mol. The van der Waals surface area contributed by atoms with Crippen molar-refractivity contribution in [3.05, 3.63) is 52.2 Å². The summed E-state index contributed by atoms with van der Waals surface area (Å²) in [5.74, 6) is 2.46. The van der Waals surface area contributed by atoms with Gasteiger partial charge >= 0.3 is 0 Å². The molecule has 0 spiro atoms. The Hall–Kier alpha value is -2.09. The Morgan fingerprint density at radius 2 is 2.11 bits per heavy atom. The van der Waals surface area contributed by atoms with Gasteiger partial charge < -0.3 is 5.32 Å². The van der Waals surface area contributed by atoms with Gasteiger partial charge in [0.25, 0.3) is 5.91 Å². The lowest BCUT2D eigenvalue weighted by molar-refractivity contribution is 0.103. The van der Waals surface area contributed by atoms with Crippen molar-refractivity contribution in [3.8, 4) is 12.3 Å². The molecule has 1 amide bonds. The van der Waals surface area contributed by atoms with Crippen molar-refractivity contribution in [1.82, 2.24) is 0 Å². The van der Waals surface area contributed by atoms with Crippen LogP contribution in [0.3, 0.4) is 0 Å². The maximum Gasteiger partial charge on any atom is 0.265 e. The summed E-state index contributed by atoms with van der Waals surface area (Å²) in [5, 5.41) is 4.89. The van der Waals surface area contributed by atoms with Crippen molar-refractivity contribution in [2.45, 2.75) is 0 Å². The highest BCUT2D eigenvalue weighted by atomic mass is 32.1. The average molecular weight is 283 g/mol. The number of benzene rings is 1. The summed E-state index contributed by atoms with van der Waals surface area (Å²) in [7, 11) is 0. The van der Waals surface area contributed by atoms with Crippen molar-refractivity contribution in [2.24, 2.45) is 0 Å². The summed E-state index contributed by atoms with van der Waals surface area (Å²) in [6.07, 6.45) is 5.34. The number of nitrogens with one attached hydrogen (secondary N) is 1. The Morgan fingerprint density at radius 3 is 2.89 bits per heavy atom. The molecule has 4 heteroatoms. The number of hydrogen-bond donors (Lipinski definition) is 1. The number of fused-ring (bicyclic) bond motifs is 1. The number of rotatable bonds is 2. The predicted octanol–water partition coefficient (Wildman–Crippen LogP) is 4.20. The number of amides is 1. The van der Waals surface area contributed by atoms with Crippen molar-refractivity contribution in [3.63, 3.8) is 0 Å². The summed E-state index contributed by atoms with van der Waals surface area (Å²) in [6.45, 7) is 0. The Labute approximate surface area is 118 Å². The molecular formula is C15H9NOS2. The maximum absolute atomic E-state index is 12.1. The third-order valence-corrected chi connectivity index (χ3v) is 4.74. The van der Waals surface area contributed by atoms with Gasteiger partial charge in [0.2, 0.25) is 0 Å². The number of hydrogen-bond acceptors (Lipinski definition) is 3. The molecule has 0 radical (unpaired) electrons. The standard InChI is InChI=1S/C15H9NOS2/c1-2-10-4-3-5-11(8-10)16-15(17)14-9-13-12(19-14)6-7-18-13/h1,3-9H,(H,16,17). The molecule has 1 aromatic carbocycles. The molecule has 2 nitrogen and oxygen atoms in total. The highest BCUT2D eigenvalue weighted by Crippen LogP contribution is 2.30. The monoisotopic (exact) mass is 283 g/mol. The minimum Gasteiger partial charge on any atom is -0.321 e. The summed E-state index contributed by atoms with van der Waals surface area (Å²) < 4.78 is 2.29. The molecule has 0 aliphatic heterocycles. The number of anilines is 1. The van der Waals surface area contributed by atoms with Gasteiger partial charge in [0.1, 0.15) is 0 Å². The number of thiophene rings is 2. The first-order valence-corrected chi connectivity index (χ1v) is 7.31. The van der Waals surface area contributed by atoms with E-state index in [2.05, 4.69) is 11.2 Å². The zero-order valence-corrected chi connectivity index (χ0v) is 11.5. The van der Waals surface area contributed by atoms with Crippen LogP contribution in [0, 0.1) is 12.3 Å². The van der Waals surface area contributed by atoms with Gasteiger partial charge in [-0.2, -0.15) is 0 Å². The van der Waals surface area contributed by atoms with Crippen molar-refractivity contribution >= 4 is 43.7 Å². The Balaban J connectivity index is 1.84. The first kappa shape index (κ1) is 12.0. The number of terminal acetylenes is 1. The Bertz CT molecular complexity index is 763. The highest BCUT2D eigenvalue weighted by molar-refractivity contribution is 7.27. The van der Waals surface area contributed by atoms with Gasteiger partial charge in [-0.3, -0.25) is 4.79 Å². The van der Waals surface area contributed by atoms with E-state index in [0.717, 1.165) is 20.7 Å². The molecule has 3 aromatic rings. The van der Waals surface area contributed by atoms with E-state index in [0.29, 0.717) is 4.88 Å². The van der Waals surface area contributed by atoms with Crippen LogP contribution in [-0.4, -0.2) is 5.91 Å². The summed E-state index contributed by atoms with van der Waals surface area (Å²) in [5.41, 5.74) is 1.47. The lowest BCUT2D eigenvalue weighted by Crippen LogP contribution is -2.09. The van der Waals surface area contributed by atoms with E-state index in [1.54, 1.807) is 17.4 Å². The van der Waals surface area contributed by atoms with Crippen LogP contribution in [0.15, 0.2) is 41.8 Å². The second kappa shape index (κ2) is 4.88. The molecule has 0 bridgehead atoms. The van der Waals surface area contributed by atoms with E-state index >= 15 is 0 Å². The van der Waals surface area contributed by atoms with E-state index in [9.17, 15) is 4.79 Å². The third kappa shape index (κ3) is 2.39. The van der Waals surface area contributed by atoms with Crippen molar-refractivity contribution < 1.29 is 4.79 Å². The SMILES string of the molecule is C#Cc1cccc(NC(=O)c2cc3sccc3s2)c1. The number of carbonyl (C=O) groups is 1. The summed E-state index contributed by atoms with van der Waals surface area (Å²) >= 11 is 3.14.